The summed E-state index contributed by atoms with van der Waals surface area (Å²) < 4.78 is 0. The van der Waals surface area contributed by atoms with Crippen LogP contribution in [0.2, 0.25) is 0 Å². The summed E-state index contributed by atoms with van der Waals surface area (Å²) in [6, 6.07) is 10.6. The van der Waals surface area contributed by atoms with E-state index >= 15 is 0 Å². The fourth-order valence-electron chi connectivity index (χ4n) is 2.43. The van der Waals surface area contributed by atoms with Gasteiger partial charge in [-0.15, -0.1) is 0 Å². The first-order valence-electron chi connectivity index (χ1n) is 6.75. The molecule has 1 saturated heterocycles. The second kappa shape index (κ2) is 5.46. The van der Waals surface area contributed by atoms with E-state index in [0.717, 1.165) is 17.5 Å². The second-order valence-corrected chi connectivity index (χ2v) is 5.08. The Labute approximate surface area is 122 Å². The third-order valence-corrected chi connectivity index (χ3v) is 3.53. The highest BCUT2D eigenvalue weighted by atomic mass is 16.2. The first-order chi connectivity index (χ1) is 10.1. The molecule has 0 spiro atoms. The predicted octanol–water partition coefficient (Wildman–Crippen LogP) is 1.26. The van der Waals surface area contributed by atoms with Gasteiger partial charge in [-0.05, 0) is 41.8 Å². The minimum Gasteiger partial charge on any atom is -0.319 e. The minimum atomic E-state index is -0.714. The lowest BCUT2D eigenvalue weighted by Crippen LogP contribution is -2.35. The SMILES string of the molecule is N[C@H]1CC(=O)N(c2ccc(Cc3ccncc3)cc2)C1=O. The predicted molar refractivity (Wildman–Crippen MR) is 78.6 cm³/mol. The van der Waals surface area contributed by atoms with Crippen LogP contribution in [-0.4, -0.2) is 22.8 Å². The lowest BCUT2D eigenvalue weighted by atomic mass is 10.1. The van der Waals surface area contributed by atoms with Gasteiger partial charge in [0.15, 0.2) is 0 Å². The molecule has 1 aliphatic heterocycles. The van der Waals surface area contributed by atoms with Gasteiger partial charge in [0.1, 0.15) is 0 Å². The number of anilines is 1. The van der Waals surface area contributed by atoms with Crippen molar-refractivity contribution in [2.75, 3.05) is 4.90 Å². The molecule has 5 nitrogen and oxygen atoms in total. The molecule has 0 radical (unpaired) electrons. The summed E-state index contributed by atoms with van der Waals surface area (Å²) in [6.07, 6.45) is 4.38. The van der Waals surface area contributed by atoms with E-state index in [1.54, 1.807) is 24.5 Å². The summed E-state index contributed by atoms with van der Waals surface area (Å²) >= 11 is 0. The molecular formula is C16H15N3O2. The molecular weight excluding hydrogens is 266 g/mol. The molecule has 0 aliphatic carbocycles. The van der Waals surface area contributed by atoms with Crippen molar-refractivity contribution in [1.29, 1.82) is 0 Å². The molecule has 2 N–H and O–H groups in total. The standard InChI is InChI=1S/C16H15N3O2/c17-14-10-15(20)19(16(14)21)13-3-1-11(2-4-13)9-12-5-7-18-8-6-12/h1-8,14H,9-10,17H2/t14-/m0/s1. The number of rotatable bonds is 3. The van der Waals surface area contributed by atoms with Gasteiger partial charge in [-0.2, -0.15) is 0 Å². The second-order valence-electron chi connectivity index (χ2n) is 5.08. The first-order valence-corrected chi connectivity index (χ1v) is 6.75. The average Bonchev–Trinajstić information content (AvgIpc) is 2.74. The van der Waals surface area contributed by atoms with Gasteiger partial charge in [-0.3, -0.25) is 14.6 Å². The van der Waals surface area contributed by atoms with E-state index in [9.17, 15) is 9.59 Å². The number of carbonyl (C=O) groups is 2. The summed E-state index contributed by atoms with van der Waals surface area (Å²) in [4.78, 5) is 28.8. The Hall–Kier alpha value is -2.53. The lowest BCUT2D eigenvalue weighted by Gasteiger charge is -2.14. The van der Waals surface area contributed by atoms with Crippen molar-refractivity contribution >= 4 is 17.5 Å². The summed E-state index contributed by atoms with van der Waals surface area (Å²) in [7, 11) is 0. The van der Waals surface area contributed by atoms with E-state index in [2.05, 4.69) is 4.98 Å². The number of carbonyl (C=O) groups excluding carboxylic acids is 2. The Balaban J connectivity index is 1.78. The highest BCUT2D eigenvalue weighted by Gasteiger charge is 2.37. The molecule has 106 valence electrons. The van der Waals surface area contributed by atoms with Gasteiger partial charge in [0.05, 0.1) is 18.2 Å². The van der Waals surface area contributed by atoms with Crippen LogP contribution in [0, 0.1) is 0 Å². The van der Waals surface area contributed by atoms with Crippen LogP contribution < -0.4 is 10.6 Å². The van der Waals surface area contributed by atoms with Gasteiger partial charge in [0.2, 0.25) is 5.91 Å². The maximum absolute atomic E-state index is 11.9. The van der Waals surface area contributed by atoms with Crippen molar-refractivity contribution in [1.82, 2.24) is 4.98 Å². The van der Waals surface area contributed by atoms with Crippen LogP contribution in [-0.2, 0) is 16.0 Å². The molecule has 2 heterocycles. The lowest BCUT2D eigenvalue weighted by molar-refractivity contribution is -0.121. The number of pyridine rings is 1. The Morgan fingerprint density at radius 1 is 1.05 bits per heavy atom. The van der Waals surface area contributed by atoms with Crippen molar-refractivity contribution < 1.29 is 9.59 Å². The summed E-state index contributed by atoms with van der Waals surface area (Å²) in [5.74, 6) is -0.573. The molecule has 3 rings (SSSR count). The van der Waals surface area contributed by atoms with Gasteiger partial charge >= 0.3 is 0 Å². The Kier molecular flexibility index (Phi) is 3.50. The van der Waals surface area contributed by atoms with Crippen molar-refractivity contribution in [3.63, 3.8) is 0 Å². The van der Waals surface area contributed by atoms with E-state index in [1.165, 1.54) is 4.90 Å². The van der Waals surface area contributed by atoms with Crippen LogP contribution in [0.3, 0.4) is 0 Å². The van der Waals surface area contributed by atoms with Crippen LogP contribution in [0.15, 0.2) is 48.8 Å². The molecule has 1 fully saturated rings. The molecule has 1 aliphatic rings. The summed E-state index contributed by atoms with van der Waals surface area (Å²) in [5, 5.41) is 0. The van der Waals surface area contributed by atoms with E-state index in [1.807, 2.05) is 24.3 Å². The van der Waals surface area contributed by atoms with Gasteiger partial charge in [0, 0.05) is 12.4 Å². The minimum absolute atomic E-state index is 0.0810. The molecule has 0 unspecified atom stereocenters. The molecule has 5 heteroatoms. The number of benzene rings is 1. The van der Waals surface area contributed by atoms with Crippen LogP contribution in [0.5, 0.6) is 0 Å². The highest BCUT2D eigenvalue weighted by molar-refractivity contribution is 6.22. The summed E-state index contributed by atoms with van der Waals surface area (Å²) in [5.41, 5.74) is 8.46. The van der Waals surface area contributed by atoms with E-state index < -0.39 is 6.04 Å². The van der Waals surface area contributed by atoms with Crippen molar-refractivity contribution in [3.8, 4) is 0 Å². The number of hydrogen-bond donors (Lipinski definition) is 1. The fraction of sp³-hybridized carbons (Fsp3) is 0.188. The highest BCUT2D eigenvalue weighted by Crippen LogP contribution is 2.23. The zero-order valence-electron chi connectivity index (χ0n) is 11.4. The quantitative estimate of drug-likeness (QED) is 0.859. The Morgan fingerprint density at radius 3 is 2.24 bits per heavy atom. The number of aromatic nitrogens is 1. The Morgan fingerprint density at radius 2 is 1.67 bits per heavy atom. The molecule has 1 aromatic carbocycles. The Bertz CT molecular complexity index is 668. The zero-order chi connectivity index (χ0) is 14.8. The van der Waals surface area contributed by atoms with Crippen LogP contribution in [0.1, 0.15) is 17.5 Å². The van der Waals surface area contributed by atoms with Gasteiger partial charge in [-0.1, -0.05) is 12.1 Å². The van der Waals surface area contributed by atoms with E-state index in [0.29, 0.717) is 5.69 Å². The maximum Gasteiger partial charge on any atom is 0.251 e. The van der Waals surface area contributed by atoms with Gasteiger partial charge in [0.25, 0.3) is 5.91 Å². The van der Waals surface area contributed by atoms with Crippen molar-refractivity contribution in [2.24, 2.45) is 5.73 Å². The number of imide groups is 1. The molecule has 0 saturated carbocycles. The maximum atomic E-state index is 11.9. The monoisotopic (exact) mass is 281 g/mol. The first kappa shape index (κ1) is 13.5. The smallest absolute Gasteiger partial charge is 0.251 e. The third kappa shape index (κ3) is 2.68. The molecule has 21 heavy (non-hydrogen) atoms. The van der Waals surface area contributed by atoms with Gasteiger partial charge in [-0.25, -0.2) is 4.90 Å². The molecule has 0 bridgehead atoms. The fourth-order valence-corrected chi connectivity index (χ4v) is 2.43. The number of amides is 2. The number of hydrogen-bond acceptors (Lipinski definition) is 4. The van der Waals surface area contributed by atoms with E-state index in [4.69, 9.17) is 5.73 Å². The van der Waals surface area contributed by atoms with Gasteiger partial charge < -0.3 is 5.73 Å². The normalized spacial score (nSPS) is 18.3. The van der Waals surface area contributed by atoms with Crippen molar-refractivity contribution in [2.45, 2.75) is 18.9 Å². The van der Waals surface area contributed by atoms with Crippen molar-refractivity contribution in [3.05, 3.63) is 59.9 Å². The number of nitrogens with zero attached hydrogens (tertiary/aromatic N) is 2. The van der Waals surface area contributed by atoms with Crippen LogP contribution in [0.25, 0.3) is 0 Å². The molecule has 1 atom stereocenters. The average molecular weight is 281 g/mol. The molecule has 1 aromatic heterocycles. The molecule has 2 amide bonds. The summed E-state index contributed by atoms with van der Waals surface area (Å²) in [6.45, 7) is 0. The van der Waals surface area contributed by atoms with E-state index in [-0.39, 0.29) is 18.2 Å². The number of nitrogens with two attached hydrogens (primary N) is 1. The van der Waals surface area contributed by atoms with Crippen LogP contribution >= 0.6 is 0 Å². The van der Waals surface area contributed by atoms with Crippen LogP contribution in [0.4, 0.5) is 5.69 Å². The molecule has 2 aromatic rings. The topological polar surface area (TPSA) is 76.3 Å². The largest absolute Gasteiger partial charge is 0.319 e. The zero-order valence-corrected chi connectivity index (χ0v) is 11.4. The third-order valence-electron chi connectivity index (χ3n) is 3.53.